The van der Waals surface area contributed by atoms with Crippen molar-refractivity contribution in [1.82, 2.24) is 20.6 Å². The average molecular weight is 470 g/mol. The number of nitrogens with zero attached hydrogens (tertiary/aromatic N) is 2. The highest BCUT2D eigenvalue weighted by molar-refractivity contribution is 5.87. The van der Waals surface area contributed by atoms with Gasteiger partial charge in [0.15, 0.2) is 0 Å². The molecule has 1 heterocycles. The van der Waals surface area contributed by atoms with Crippen LogP contribution in [0.5, 0.6) is 0 Å². The Balaban J connectivity index is 1.35. The molecule has 0 radical (unpaired) electrons. The topological polar surface area (TPSA) is 131 Å². The lowest BCUT2D eigenvalue weighted by Crippen LogP contribution is -2.46. The van der Waals surface area contributed by atoms with E-state index in [1.165, 1.54) is 0 Å². The van der Waals surface area contributed by atoms with Crippen LogP contribution in [-0.2, 0) is 16.1 Å². The van der Waals surface area contributed by atoms with Crippen LogP contribution in [0.1, 0.15) is 39.6 Å². The number of amides is 2. The number of aromatic nitrogens is 2. The lowest BCUT2D eigenvalue weighted by atomic mass is 9.98. The van der Waals surface area contributed by atoms with Gasteiger partial charge in [-0.3, -0.25) is 4.79 Å². The zero-order valence-electron chi connectivity index (χ0n) is 18.6. The Morgan fingerprint density at radius 3 is 2.20 bits per heavy atom. The molecule has 1 aliphatic rings. The minimum Gasteiger partial charge on any atom is -0.478 e. The zero-order chi connectivity index (χ0) is 24.8. The largest absolute Gasteiger partial charge is 0.478 e. The van der Waals surface area contributed by atoms with Crippen molar-refractivity contribution in [3.05, 3.63) is 83.4 Å². The van der Waals surface area contributed by atoms with E-state index in [1.807, 2.05) is 48.5 Å². The highest BCUT2D eigenvalue weighted by Crippen LogP contribution is 2.44. The number of benzene rings is 2. The molecule has 3 N–H and O–H groups in total. The molecular formula is C26H22N4O5. The summed E-state index contributed by atoms with van der Waals surface area (Å²) in [5.74, 6) is 0.777. The van der Waals surface area contributed by atoms with E-state index in [9.17, 15) is 14.4 Å². The molecule has 9 nitrogen and oxygen atoms in total. The molecule has 2 amide bonds. The van der Waals surface area contributed by atoms with Gasteiger partial charge in [-0.1, -0.05) is 48.5 Å². The first kappa shape index (κ1) is 23.4. The normalized spacial score (nSPS) is 12.5. The highest BCUT2D eigenvalue weighted by Gasteiger charge is 2.29. The Morgan fingerprint density at radius 2 is 1.63 bits per heavy atom. The molecule has 0 saturated heterocycles. The first-order valence-corrected chi connectivity index (χ1v) is 10.8. The third-order valence-corrected chi connectivity index (χ3v) is 5.65. The lowest BCUT2D eigenvalue weighted by Gasteiger charge is -2.18. The summed E-state index contributed by atoms with van der Waals surface area (Å²) in [5, 5.41) is 14.0. The van der Waals surface area contributed by atoms with Crippen LogP contribution in [0.15, 0.2) is 60.9 Å². The number of fused-ring (bicyclic) bond motifs is 3. The maximum Gasteiger partial charge on any atom is 0.407 e. The zero-order valence-corrected chi connectivity index (χ0v) is 18.6. The van der Waals surface area contributed by atoms with Gasteiger partial charge in [0.25, 0.3) is 0 Å². The van der Waals surface area contributed by atoms with E-state index in [1.54, 1.807) is 0 Å². The Kier molecular flexibility index (Phi) is 7.02. The third-order valence-electron chi connectivity index (χ3n) is 5.65. The van der Waals surface area contributed by atoms with E-state index in [-0.39, 0.29) is 36.9 Å². The average Bonchev–Trinajstić information content (AvgIpc) is 3.19. The predicted molar refractivity (Wildman–Crippen MR) is 126 cm³/mol. The number of aromatic carboxylic acids is 1. The Morgan fingerprint density at radius 1 is 1.03 bits per heavy atom. The van der Waals surface area contributed by atoms with Gasteiger partial charge in [0.05, 0.1) is 12.1 Å². The molecule has 9 heteroatoms. The quantitative estimate of drug-likeness (QED) is 0.432. The molecule has 2 aromatic carbocycles. The third kappa shape index (κ3) is 5.28. The van der Waals surface area contributed by atoms with E-state index < -0.39 is 24.0 Å². The second-order valence-corrected chi connectivity index (χ2v) is 7.84. The lowest BCUT2D eigenvalue weighted by molar-refractivity contribution is -0.123. The number of alkyl carbamates (subject to hydrolysis) is 1. The van der Waals surface area contributed by atoms with Gasteiger partial charge in [-0.2, -0.15) is 0 Å². The van der Waals surface area contributed by atoms with Crippen molar-refractivity contribution in [3.63, 3.8) is 0 Å². The maximum absolute atomic E-state index is 12.6. The van der Waals surface area contributed by atoms with Gasteiger partial charge < -0.3 is 20.5 Å². The molecule has 1 unspecified atom stereocenters. The molecule has 0 spiro atoms. The number of hydrogen-bond donors (Lipinski definition) is 3. The van der Waals surface area contributed by atoms with Crippen LogP contribution in [0.25, 0.3) is 11.1 Å². The molecular weight excluding hydrogens is 448 g/mol. The number of carboxylic acids is 1. The van der Waals surface area contributed by atoms with Gasteiger partial charge in [-0.15, -0.1) is 12.3 Å². The first-order chi connectivity index (χ1) is 17.0. The second-order valence-electron chi connectivity index (χ2n) is 7.84. The van der Waals surface area contributed by atoms with Crippen molar-refractivity contribution >= 4 is 18.0 Å². The summed E-state index contributed by atoms with van der Waals surface area (Å²) in [4.78, 5) is 43.8. The van der Waals surface area contributed by atoms with Gasteiger partial charge in [0.1, 0.15) is 18.5 Å². The van der Waals surface area contributed by atoms with E-state index in [0.717, 1.165) is 34.6 Å². The van der Waals surface area contributed by atoms with Crippen LogP contribution in [0.4, 0.5) is 4.79 Å². The molecule has 0 fully saturated rings. The molecule has 0 saturated carbocycles. The molecule has 0 bridgehead atoms. The van der Waals surface area contributed by atoms with Crippen molar-refractivity contribution in [2.75, 3.05) is 6.61 Å². The van der Waals surface area contributed by atoms with Crippen molar-refractivity contribution in [3.8, 4) is 23.5 Å². The molecule has 176 valence electrons. The van der Waals surface area contributed by atoms with Gasteiger partial charge in [-0.05, 0) is 22.3 Å². The van der Waals surface area contributed by atoms with Crippen LogP contribution < -0.4 is 10.6 Å². The van der Waals surface area contributed by atoms with E-state index in [0.29, 0.717) is 0 Å². The molecule has 1 atom stereocenters. The minimum atomic E-state index is -1.15. The summed E-state index contributed by atoms with van der Waals surface area (Å²) in [5.41, 5.74) is 4.31. The van der Waals surface area contributed by atoms with E-state index in [4.69, 9.17) is 16.3 Å². The van der Waals surface area contributed by atoms with Crippen LogP contribution in [0.2, 0.25) is 0 Å². The summed E-state index contributed by atoms with van der Waals surface area (Å²) in [6.07, 6.45) is 6.85. The van der Waals surface area contributed by atoms with Crippen molar-refractivity contribution in [2.45, 2.75) is 24.9 Å². The molecule has 3 aromatic rings. The fraction of sp³-hybridized carbons (Fsp3) is 0.192. The van der Waals surface area contributed by atoms with Gasteiger partial charge in [0, 0.05) is 24.7 Å². The Labute approximate surface area is 201 Å². The van der Waals surface area contributed by atoms with Crippen molar-refractivity contribution in [1.29, 1.82) is 0 Å². The minimum absolute atomic E-state index is 0.0468. The van der Waals surface area contributed by atoms with Crippen molar-refractivity contribution < 1.29 is 24.2 Å². The monoisotopic (exact) mass is 470 g/mol. The Bertz CT molecular complexity index is 1250. The standard InChI is InChI=1S/C26H22N4O5/c1-2-7-22(24(31)29-14-23-27-12-16(13-28-23)25(32)33)30-26(34)35-15-21-19-10-5-3-8-17(19)18-9-4-6-11-20(18)21/h1,3-6,8-13,21-22H,7,14-15H2,(H,29,31)(H,30,34)(H,32,33). The van der Waals surface area contributed by atoms with E-state index >= 15 is 0 Å². The van der Waals surface area contributed by atoms with Crippen molar-refractivity contribution in [2.24, 2.45) is 0 Å². The summed E-state index contributed by atoms with van der Waals surface area (Å²) in [6.45, 7) is 0.0419. The highest BCUT2D eigenvalue weighted by atomic mass is 16.5. The summed E-state index contributed by atoms with van der Waals surface area (Å²) >= 11 is 0. The SMILES string of the molecule is C#CCC(NC(=O)OCC1c2ccccc2-c2ccccc21)C(=O)NCc1ncc(C(=O)O)cn1. The van der Waals surface area contributed by atoms with Gasteiger partial charge in [0.2, 0.25) is 5.91 Å². The smallest absolute Gasteiger partial charge is 0.407 e. The molecule has 0 aliphatic heterocycles. The molecule has 4 rings (SSSR count). The van der Waals surface area contributed by atoms with Gasteiger partial charge >= 0.3 is 12.1 Å². The number of carboxylic acid groups (broad SMARTS) is 1. The Hall–Kier alpha value is -4.71. The van der Waals surface area contributed by atoms with Crippen LogP contribution >= 0.6 is 0 Å². The molecule has 35 heavy (non-hydrogen) atoms. The number of carbonyl (C=O) groups excluding carboxylic acids is 2. The molecule has 1 aromatic heterocycles. The summed E-state index contributed by atoms with van der Waals surface area (Å²) in [7, 11) is 0. The molecule has 1 aliphatic carbocycles. The fourth-order valence-electron chi connectivity index (χ4n) is 3.96. The summed E-state index contributed by atoms with van der Waals surface area (Å²) in [6, 6.07) is 14.9. The van der Waals surface area contributed by atoms with E-state index in [2.05, 4.69) is 26.5 Å². The van der Waals surface area contributed by atoms with Crippen LogP contribution in [0, 0.1) is 12.3 Å². The maximum atomic E-state index is 12.6. The number of nitrogens with one attached hydrogen (secondary N) is 2. The van der Waals surface area contributed by atoms with Gasteiger partial charge in [-0.25, -0.2) is 19.6 Å². The number of rotatable bonds is 8. The predicted octanol–water partition coefficient (Wildman–Crippen LogP) is 2.72. The number of hydrogen-bond acceptors (Lipinski definition) is 6. The second kappa shape index (κ2) is 10.5. The van der Waals surface area contributed by atoms with Crippen LogP contribution in [0.3, 0.4) is 0 Å². The first-order valence-electron chi connectivity index (χ1n) is 10.8. The summed E-state index contributed by atoms with van der Waals surface area (Å²) < 4.78 is 5.49. The van der Waals surface area contributed by atoms with Crippen LogP contribution in [-0.4, -0.2) is 45.7 Å². The number of ether oxygens (including phenoxy) is 1. The number of terminal acetylenes is 1. The number of carbonyl (C=O) groups is 3. The fourth-order valence-corrected chi connectivity index (χ4v) is 3.96.